The van der Waals surface area contributed by atoms with Crippen LogP contribution in [0.3, 0.4) is 0 Å². The Labute approximate surface area is 135 Å². The molecule has 0 radical (unpaired) electrons. The van der Waals surface area contributed by atoms with Crippen molar-refractivity contribution in [3.63, 3.8) is 0 Å². The maximum atomic E-state index is 13.7. The molecule has 0 aliphatic rings. The Morgan fingerprint density at radius 2 is 1.89 bits per heavy atom. The van der Waals surface area contributed by atoms with Crippen LogP contribution in [-0.2, 0) is 6.42 Å². The number of nitrogens with zero attached hydrogens (tertiary/aromatic N) is 1. The predicted molar refractivity (Wildman–Crippen MR) is 82.4 cm³/mol. The molecular formula is C13H9Br3FNO. The molecule has 1 atom stereocenters. The van der Waals surface area contributed by atoms with Crippen molar-refractivity contribution in [1.82, 2.24) is 4.98 Å². The Balaban J connectivity index is 2.23. The minimum Gasteiger partial charge on any atom is -0.386 e. The summed E-state index contributed by atoms with van der Waals surface area (Å²) in [6.07, 6.45) is 0.909. The van der Waals surface area contributed by atoms with Gasteiger partial charge in [-0.1, -0.05) is 22.0 Å². The van der Waals surface area contributed by atoms with Gasteiger partial charge in [-0.05, 0) is 55.6 Å². The summed E-state index contributed by atoms with van der Waals surface area (Å²) >= 11 is 9.83. The van der Waals surface area contributed by atoms with E-state index in [1.807, 2.05) is 0 Å². The minimum absolute atomic E-state index is 0.173. The lowest BCUT2D eigenvalue weighted by Gasteiger charge is -2.13. The second-order valence-electron chi connectivity index (χ2n) is 3.98. The van der Waals surface area contributed by atoms with Crippen LogP contribution in [0.1, 0.15) is 17.4 Å². The van der Waals surface area contributed by atoms with Crippen molar-refractivity contribution in [2.75, 3.05) is 0 Å². The van der Waals surface area contributed by atoms with Gasteiger partial charge in [0.05, 0.1) is 5.69 Å². The van der Waals surface area contributed by atoms with Crippen LogP contribution in [0.25, 0.3) is 0 Å². The Hall–Kier alpha value is -0.300. The second-order valence-corrected chi connectivity index (χ2v) is 6.66. The third-order valence-corrected chi connectivity index (χ3v) is 4.14. The van der Waals surface area contributed by atoms with E-state index < -0.39 is 6.10 Å². The largest absolute Gasteiger partial charge is 0.386 e. The first-order valence-electron chi connectivity index (χ1n) is 5.40. The Morgan fingerprint density at radius 3 is 2.53 bits per heavy atom. The van der Waals surface area contributed by atoms with Gasteiger partial charge in [-0.2, -0.15) is 0 Å². The van der Waals surface area contributed by atoms with Gasteiger partial charge in [0.25, 0.3) is 0 Å². The zero-order valence-electron chi connectivity index (χ0n) is 9.58. The van der Waals surface area contributed by atoms with Crippen LogP contribution in [0, 0.1) is 5.82 Å². The summed E-state index contributed by atoms with van der Waals surface area (Å²) in [7, 11) is 0. The minimum atomic E-state index is -0.863. The van der Waals surface area contributed by atoms with Gasteiger partial charge in [0.15, 0.2) is 0 Å². The summed E-state index contributed by atoms with van der Waals surface area (Å²) in [5, 5.41) is 10.2. The molecular weight excluding hydrogens is 445 g/mol. The van der Waals surface area contributed by atoms with Crippen molar-refractivity contribution in [3.05, 3.63) is 61.0 Å². The SMILES string of the molecule is OC(Cc1ccc(Br)cc1F)c1ncc(Br)cc1Br. The molecule has 0 saturated heterocycles. The zero-order chi connectivity index (χ0) is 14.0. The van der Waals surface area contributed by atoms with Crippen molar-refractivity contribution >= 4 is 47.8 Å². The van der Waals surface area contributed by atoms with Gasteiger partial charge in [0.1, 0.15) is 11.9 Å². The summed E-state index contributed by atoms with van der Waals surface area (Å²) in [6.45, 7) is 0. The first-order valence-corrected chi connectivity index (χ1v) is 7.78. The van der Waals surface area contributed by atoms with Crippen LogP contribution < -0.4 is 0 Å². The molecule has 1 unspecified atom stereocenters. The average molecular weight is 454 g/mol. The molecule has 0 aliphatic heterocycles. The lowest BCUT2D eigenvalue weighted by molar-refractivity contribution is 0.171. The Bertz CT molecular complexity index is 606. The highest BCUT2D eigenvalue weighted by atomic mass is 79.9. The van der Waals surface area contributed by atoms with Crippen molar-refractivity contribution in [1.29, 1.82) is 0 Å². The molecule has 6 heteroatoms. The van der Waals surface area contributed by atoms with E-state index in [0.29, 0.717) is 20.2 Å². The highest BCUT2D eigenvalue weighted by molar-refractivity contribution is 9.11. The van der Waals surface area contributed by atoms with Crippen molar-refractivity contribution < 1.29 is 9.50 Å². The molecule has 0 spiro atoms. The fraction of sp³-hybridized carbons (Fsp3) is 0.154. The molecule has 0 amide bonds. The number of aliphatic hydroxyl groups excluding tert-OH is 1. The fourth-order valence-corrected chi connectivity index (χ4v) is 3.25. The number of pyridine rings is 1. The Morgan fingerprint density at radius 1 is 1.16 bits per heavy atom. The molecule has 2 nitrogen and oxygen atoms in total. The van der Waals surface area contributed by atoms with Crippen LogP contribution in [0.5, 0.6) is 0 Å². The van der Waals surface area contributed by atoms with E-state index in [1.165, 1.54) is 6.07 Å². The molecule has 0 saturated carbocycles. The molecule has 1 aromatic carbocycles. The van der Waals surface area contributed by atoms with Gasteiger partial charge in [0.2, 0.25) is 0 Å². The molecule has 2 rings (SSSR count). The maximum absolute atomic E-state index is 13.7. The number of rotatable bonds is 3. The van der Waals surface area contributed by atoms with Gasteiger partial charge in [-0.25, -0.2) is 4.39 Å². The van der Waals surface area contributed by atoms with Gasteiger partial charge in [-0.3, -0.25) is 4.98 Å². The smallest absolute Gasteiger partial charge is 0.127 e. The number of hydrogen-bond acceptors (Lipinski definition) is 2. The van der Waals surface area contributed by atoms with E-state index >= 15 is 0 Å². The van der Waals surface area contributed by atoms with Gasteiger partial charge >= 0.3 is 0 Å². The molecule has 19 heavy (non-hydrogen) atoms. The van der Waals surface area contributed by atoms with E-state index in [1.54, 1.807) is 24.4 Å². The normalized spacial score (nSPS) is 12.5. The third-order valence-electron chi connectivity index (χ3n) is 2.58. The van der Waals surface area contributed by atoms with Crippen molar-refractivity contribution in [3.8, 4) is 0 Å². The maximum Gasteiger partial charge on any atom is 0.127 e. The number of aliphatic hydroxyl groups is 1. The number of benzene rings is 1. The van der Waals surface area contributed by atoms with Crippen LogP contribution in [0.4, 0.5) is 4.39 Å². The summed E-state index contributed by atoms with van der Waals surface area (Å²) in [5.74, 6) is -0.346. The van der Waals surface area contributed by atoms with E-state index in [-0.39, 0.29) is 12.2 Å². The lowest BCUT2D eigenvalue weighted by Crippen LogP contribution is -2.06. The monoisotopic (exact) mass is 451 g/mol. The van der Waals surface area contributed by atoms with Gasteiger partial charge in [0, 0.05) is 26.0 Å². The molecule has 0 fully saturated rings. The van der Waals surface area contributed by atoms with Gasteiger partial charge < -0.3 is 5.11 Å². The van der Waals surface area contributed by atoms with E-state index in [4.69, 9.17) is 0 Å². The van der Waals surface area contributed by atoms with E-state index in [2.05, 4.69) is 52.8 Å². The van der Waals surface area contributed by atoms with Crippen LogP contribution in [-0.4, -0.2) is 10.1 Å². The fourth-order valence-electron chi connectivity index (χ4n) is 1.66. The first kappa shape index (κ1) is 15.1. The summed E-state index contributed by atoms with van der Waals surface area (Å²) in [5.41, 5.74) is 0.942. The highest BCUT2D eigenvalue weighted by Crippen LogP contribution is 2.27. The first-order chi connectivity index (χ1) is 8.97. The van der Waals surface area contributed by atoms with Crippen LogP contribution in [0.15, 0.2) is 43.9 Å². The zero-order valence-corrected chi connectivity index (χ0v) is 14.3. The molecule has 2 aromatic rings. The molecule has 100 valence electrons. The topological polar surface area (TPSA) is 33.1 Å². The molecule has 1 heterocycles. The van der Waals surface area contributed by atoms with E-state index in [0.717, 1.165) is 4.47 Å². The summed E-state index contributed by atoms with van der Waals surface area (Å²) in [4.78, 5) is 4.15. The molecule has 1 N–H and O–H groups in total. The summed E-state index contributed by atoms with van der Waals surface area (Å²) < 4.78 is 15.9. The van der Waals surface area contributed by atoms with Crippen molar-refractivity contribution in [2.24, 2.45) is 0 Å². The lowest BCUT2D eigenvalue weighted by atomic mass is 10.0. The Kier molecular flexibility index (Phi) is 5.11. The third kappa shape index (κ3) is 3.84. The second kappa shape index (κ2) is 6.43. The summed E-state index contributed by atoms with van der Waals surface area (Å²) in [6, 6.07) is 6.57. The number of halogens is 4. The molecule has 0 bridgehead atoms. The quantitative estimate of drug-likeness (QED) is 0.725. The number of aromatic nitrogens is 1. The molecule has 1 aromatic heterocycles. The average Bonchev–Trinajstić information content (AvgIpc) is 2.32. The molecule has 0 aliphatic carbocycles. The standard InChI is InChI=1S/C13H9Br3FNO/c14-8-2-1-7(11(17)5-8)3-12(19)13-10(16)4-9(15)6-18-13/h1-2,4-6,12,19H,3H2. The number of hydrogen-bond donors (Lipinski definition) is 1. The van der Waals surface area contributed by atoms with Crippen molar-refractivity contribution in [2.45, 2.75) is 12.5 Å². The van der Waals surface area contributed by atoms with Crippen LogP contribution >= 0.6 is 47.8 Å². The highest BCUT2D eigenvalue weighted by Gasteiger charge is 2.16. The van der Waals surface area contributed by atoms with E-state index in [9.17, 15) is 9.50 Å². The predicted octanol–water partition coefficient (Wildman–Crippen LogP) is 4.78. The van der Waals surface area contributed by atoms with Gasteiger partial charge in [-0.15, -0.1) is 0 Å². The van der Waals surface area contributed by atoms with Crippen LogP contribution in [0.2, 0.25) is 0 Å².